The third kappa shape index (κ3) is 2.11. The van der Waals surface area contributed by atoms with E-state index in [9.17, 15) is 0 Å². The maximum absolute atomic E-state index is 6.23. The number of rotatable bonds is 2. The van der Waals surface area contributed by atoms with Gasteiger partial charge in [0.15, 0.2) is 0 Å². The fourth-order valence-corrected chi connectivity index (χ4v) is 2.08. The van der Waals surface area contributed by atoms with Crippen molar-refractivity contribution in [2.24, 2.45) is 5.73 Å². The van der Waals surface area contributed by atoms with Gasteiger partial charge in [0.1, 0.15) is 0 Å². The Hall–Kier alpha value is -1.31. The normalized spacial score (nSPS) is 12.4. The van der Waals surface area contributed by atoms with Crippen molar-refractivity contribution in [3.8, 4) is 0 Å². The number of benzene rings is 2. The van der Waals surface area contributed by atoms with E-state index in [0.717, 1.165) is 16.1 Å². The van der Waals surface area contributed by atoms with Crippen LogP contribution in [0.25, 0.3) is 0 Å². The molecule has 2 aromatic carbocycles. The van der Waals surface area contributed by atoms with Crippen LogP contribution in [0.2, 0.25) is 5.02 Å². The molecule has 2 heteroatoms. The SMILES string of the molecule is Cc1ccccc1C(N)c1ccccc1Cl. The second-order valence-corrected chi connectivity index (χ2v) is 4.26. The average molecular weight is 232 g/mol. The van der Waals surface area contributed by atoms with Gasteiger partial charge in [-0.1, -0.05) is 54.1 Å². The van der Waals surface area contributed by atoms with Crippen molar-refractivity contribution in [3.63, 3.8) is 0 Å². The molecule has 2 N–H and O–H groups in total. The van der Waals surface area contributed by atoms with Crippen LogP contribution in [-0.2, 0) is 0 Å². The van der Waals surface area contributed by atoms with Gasteiger partial charge in [-0.15, -0.1) is 0 Å². The Morgan fingerprint density at radius 3 is 2.12 bits per heavy atom. The summed E-state index contributed by atoms with van der Waals surface area (Å²) >= 11 is 6.14. The van der Waals surface area contributed by atoms with Gasteiger partial charge >= 0.3 is 0 Å². The van der Waals surface area contributed by atoms with Gasteiger partial charge in [-0.2, -0.15) is 0 Å². The van der Waals surface area contributed by atoms with Gasteiger partial charge in [0, 0.05) is 5.02 Å². The van der Waals surface area contributed by atoms with Gasteiger partial charge in [-0.05, 0) is 29.7 Å². The van der Waals surface area contributed by atoms with Crippen LogP contribution >= 0.6 is 11.6 Å². The molecule has 1 nitrogen and oxygen atoms in total. The summed E-state index contributed by atoms with van der Waals surface area (Å²) in [6.07, 6.45) is 0. The summed E-state index contributed by atoms with van der Waals surface area (Å²) in [7, 11) is 0. The molecule has 0 radical (unpaired) electrons. The molecule has 0 heterocycles. The average Bonchev–Trinajstić information content (AvgIpc) is 2.29. The fraction of sp³-hybridized carbons (Fsp3) is 0.143. The Kier molecular flexibility index (Phi) is 3.28. The molecule has 2 aromatic rings. The number of aryl methyl sites for hydroxylation is 1. The molecule has 16 heavy (non-hydrogen) atoms. The highest BCUT2D eigenvalue weighted by atomic mass is 35.5. The summed E-state index contributed by atoms with van der Waals surface area (Å²) in [5.74, 6) is 0. The van der Waals surface area contributed by atoms with E-state index < -0.39 is 0 Å². The largest absolute Gasteiger partial charge is 0.320 e. The lowest BCUT2D eigenvalue weighted by Crippen LogP contribution is -2.13. The van der Waals surface area contributed by atoms with Gasteiger partial charge in [0.05, 0.1) is 6.04 Å². The topological polar surface area (TPSA) is 26.0 Å². The zero-order valence-corrected chi connectivity index (χ0v) is 9.91. The van der Waals surface area contributed by atoms with Crippen LogP contribution in [-0.4, -0.2) is 0 Å². The third-order valence-corrected chi connectivity index (χ3v) is 3.11. The number of hydrogen-bond acceptors (Lipinski definition) is 1. The Morgan fingerprint density at radius 1 is 0.938 bits per heavy atom. The number of nitrogens with two attached hydrogens (primary N) is 1. The molecule has 0 aliphatic heterocycles. The van der Waals surface area contributed by atoms with E-state index in [4.69, 9.17) is 17.3 Å². The molecule has 0 bridgehead atoms. The first-order valence-electron chi connectivity index (χ1n) is 5.25. The number of hydrogen-bond donors (Lipinski definition) is 1. The van der Waals surface area contributed by atoms with Gasteiger partial charge < -0.3 is 5.73 Å². The van der Waals surface area contributed by atoms with Crippen molar-refractivity contribution in [2.75, 3.05) is 0 Å². The molecule has 0 amide bonds. The van der Waals surface area contributed by atoms with Crippen LogP contribution in [0.4, 0.5) is 0 Å². The van der Waals surface area contributed by atoms with Crippen molar-refractivity contribution >= 4 is 11.6 Å². The molecule has 0 saturated carbocycles. The number of halogens is 1. The summed E-state index contributed by atoms with van der Waals surface area (Å²) in [5, 5.41) is 0.721. The first-order chi connectivity index (χ1) is 7.70. The summed E-state index contributed by atoms with van der Waals surface area (Å²) in [5.41, 5.74) is 9.51. The van der Waals surface area contributed by atoms with E-state index in [1.165, 1.54) is 5.56 Å². The van der Waals surface area contributed by atoms with Crippen molar-refractivity contribution in [2.45, 2.75) is 13.0 Å². The maximum atomic E-state index is 6.23. The van der Waals surface area contributed by atoms with Crippen molar-refractivity contribution < 1.29 is 0 Å². The molecule has 2 rings (SSSR count). The molecule has 1 unspecified atom stereocenters. The fourth-order valence-electron chi connectivity index (χ4n) is 1.83. The second kappa shape index (κ2) is 4.69. The Labute approximate surface area is 101 Å². The van der Waals surface area contributed by atoms with Crippen LogP contribution in [0.3, 0.4) is 0 Å². The maximum Gasteiger partial charge on any atom is 0.0569 e. The third-order valence-electron chi connectivity index (χ3n) is 2.76. The van der Waals surface area contributed by atoms with E-state index in [2.05, 4.69) is 13.0 Å². The van der Waals surface area contributed by atoms with E-state index >= 15 is 0 Å². The highest BCUT2D eigenvalue weighted by Crippen LogP contribution is 2.27. The van der Waals surface area contributed by atoms with Crippen LogP contribution in [0.1, 0.15) is 22.7 Å². The first kappa shape index (κ1) is 11.2. The van der Waals surface area contributed by atoms with Crippen molar-refractivity contribution in [3.05, 3.63) is 70.2 Å². The quantitative estimate of drug-likeness (QED) is 0.838. The predicted molar refractivity (Wildman–Crippen MR) is 68.7 cm³/mol. The van der Waals surface area contributed by atoms with Crippen LogP contribution in [0, 0.1) is 6.92 Å². The standard InChI is InChI=1S/C14H14ClN/c1-10-6-2-3-7-11(10)14(16)12-8-4-5-9-13(12)15/h2-9,14H,16H2,1H3. The zero-order chi connectivity index (χ0) is 11.5. The minimum Gasteiger partial charge on any atom is -0.320 e. The van der Waals surface area contributed by atoms with Gasteiger partial charge in [-0.3, -0.25) is 0 Å². The Balaban J connectivity index is 2.44. The highest BCUT2D eigenvalue weighted by Gasteiger charge is 2.13. The summed E-state index contributed by atoms with van der Waals surface area (Å²) in [4.78, 5) is 0. The lowest BCUT2D eigenvalue weighted by Gasteiger charge is -2.16. The summed E-state index contributed by atoms with van der Waals surface area (Å²) in [6, 6.07) is 15.7. The molecule has 1 atom stereocenters. The van der Waals surface area contributed by atoms with Crippen LogP contribution in [0.5, 0.6) is 0 Å². The van der Waals surface area contributed by atoms with Crippen molar-refractivity contribution in [1.82, 2.24) is 0 Å². The predicted octanol–water partition coefficient (Wildman–Crippen LogP) is 3.70. The molecule has 0 aliphatic carbocycles. The lowest BCUT2D eigenvalue weighted by atomic mass is 9.96. The van der Waals surface area contributed by atoms with E-state index in [1.54, 1.807) is 0 Å². The van der Waals surface area contributed by atoms with E-state index in [-0.39, 0.29) is 6.04 Å². The molecule has 0 aliphatic rings. The van der Waals surface area contributed by atoms with Gasteiger partial charge in [-0.25, -0.2) is 0 Å². The van der Waals surface area contributed by atoms with Crippen LogP contribution < -0.4 is 5.73 Å². The molecule has 0 spiro atoms. The molecular weight excluding hydrogens is 218 g/mol. The second-order valence-electron chi connectivity index (χ2n) is 3.86. The smallest absolute Gasteiger partial charge is 0.0569 e. The van der Waals surface area contributed by atoms with E-state index in [1.807, 2.05) is 42.5 Å². The molecule has 0 fully saturated rings. The van der Waals surface area contributed by atoms with Crippen molar-refractivity contribution in [1.29, 1.82) is 0 Å². The van der Waals surface area contributed by atoms with Gasteiger partial charge in [0.25, 0.3) is 0 Å². The highest BCUT2D eigenvalue weighted by molar-refractivity contribution is 6.31. The Bertz CT molecular complexity index is 448. The molecule has 0 aromatic heterocycles. The zero-order valence-electron chi connectivity index (χ0n) is 9.15. The van der Waals surface area contributed by atoms with E-state index in [0.29, 0.717) is 0 Å². The Morgan fingerprint density at radius 2 is 1.50 bits per heavy atom. The molecular formula is C14H14ClN. The monoisotopic (exact) mass is 231 g/mol. The molecule has 82 valence electrons. The lowest BCUT2D eigenvalue weighted by molar-refractivity contribution is 0.862. The molecule has 0 saturated heterocycles. The minimum absolute atomic E-state index is 0.158. The van der Waals surface area contributed by atoms with Gasteiger partial charge in [0.2, 0.25) is 0 Å². The minimum atomic E-state index is -0.158. The summed E-state index contributed by atoms with van der Waals surface area (Å²) < 4.78 is 0. The first-order valence-corrected chi connectivity index (χ1v) is 5.63. The van der Waals surface area contributed by atoms with Crippen LogP contribution in [0.15, 0.2) is 48.5 Å². The summed E-state index contributed by atoms with van der Waals surface area (Å²) in [6.45, 7) is 2.06.